The molecule has 0 spiro atoms. The summed E-state index contributed by atoms with van der Waals surface area (Å²) < 4.78 is 12.8. The van der Waals surface area contributed by atoms with Gasteiger partial charge in [0.25, 0.3) is 0 Å². The van der Waals surface area contributed by atoms with Gasteiger partial charge in [0.2, 0.25) is 5.91 Å². The second-order valence-corrected chi connectivity index (χ2v) is 4.50. The summed E-state index contributed by atoms with van der Waals surface area (Å²) in [6.07, 6.45) is 3.12. The molecule has 2 rings (SSSR count). The highest BCUT2D eigenvalue weighted by molar-refractivity contribution is 7.83. The molecular formula is C14H14FN5OS. The summed E-state index contributed by atoms with van der Waals surface area (Å²) in [5.74, 6) is -0.613. The molecule has 0 saturated carbocycles. The molecule has 0 aliphatic rings. The Balaban J connectivity index is 1.80. The zero-order chi connectivity index (χ0) is 15.8. The van der Waals surface area contributed by atoms with E-state index in [2.05, 4.69) is 39.0 Å². The van der Waals surface area contributed by atoms with Crippen molar-refractivity contribution in [1.82, 2.24) is 26.4 Å². The third-order valence-electron chi connectivity index (χ3n) is 2.66. The van der Waals surface area contributed by atoms with Crippen LogP contribution < -0.4 is 16.4 Å². The van der Waals surface area contributed by atoms with Crippen molar-refractivity contribution in [3.63, 3.8) is 0 Å². The second kappa shape index (κ2) is 8.11. The van der Waals surface area contributed by atoms with Crippen LogP contribution in [0.1, 0.15) is 11.3 Å². The minimum atomic E-state index is -0.336. The standard InChI is InChI=1S/C14H14FN5OS/c15-11-3-1-10(2-4-11)7-14(21)19-20-18-13(8-22)12-5-6-16-9-17-12/h1-6,8-9,18,20,22H,7H2,(H,19,21)/b13-8-. The van der Waals surface area contributed by atoms with Gasteiger partial charge in [0.15, 0.2) is 0 Å². The van der Waals surface area contributed by atoms with Crippen molar-refractivity contribution in [2.24, 2.45) is 0 Å². The van der Waals surface area contributed by atoms with Crippen LogP contribution in [0.5, 0.6) is 0 Å². The molecule has 8 heteroatoms. The fourth-order valence-corrected chi connectivity index (χ4v) is 1.81. The first kappa shape index (κ1) is 15.9. The Morgan fingerprint density at radius 2 is 2.00 bits per heavy atom. The molecule has 1 amide bonds. The maximum atomic E-state index is 12.8. The number of halogens is 1. The summed E-state index contributed by atoms with van der Waals surface area (Å²) in [7, 11) is 0. The lowest BCUT2D eigenvalue weighted by atomic mass is 10.1. The average Bonchev–Trinajstić information content (AvgIpc) is 2.54. The number of hydrogen-bond donors (Lipinski definition) is 4. The number of benzene rings is 1. The highest BCUT2D eigenvalue weighted by Crippen LogP contribution is 2.06. The average molecular weight is 319 g/mol. The van der Waals surface area contributed by atoms with Crippen molar-refractivity contribution < 1.29 is 9.18 Å². The summed E-state index contributed by atoms with van der Waals surface area (Å²) in [5.41, 5.74) is 9.69. The van der Waals surface area contributed by atoms with Gasteiger partial charge < -0.3 is 5.43 Å². The minimum Gasteiger partial charge on any atom is -0.301 e. The Labute approximate surface area is 132 Å². The number of nitrogens with zero attached hydrogens (tertiary/aromatic N) is 2. The van der Waals surface area contributed by atoms with Crippen LogP contribution in [0, 0.1) is 5.82 Å². The van der Waals surface area contributed by atoms with Gasteiger partial charge >= 0.3 is 0 Å². The van der Waals surface area contributed by atoms with E-state index in [1.54, 1.807) is 24.4 Å². The van der Waals surface area contributed by atoms with E-state index < -0.39 is 0 Å². The fourth-order valence-electron chi connectivity index (χ4n) is 1.61. The molecule has 22 heavy (non-hydrogen) atoms. The number of thiol groups is 1. The Bertz CT molecular complexity index is 648. The summed E-state index contributed by atoms with van der Waals surface area (Å²) in [6.45, 7) is 0. The number of amides is 1. The lowest BCUT2D eigenvalue weighted by Crippen LogP contribution is -2.46. The molecule has 0 bridgehead atoms. The highest BCUT2D eigenvalue weighted by atomic mass is 32.1. The molecular weight excluding hydrogens is 305 g/mol. The van der Waals surface area contributed by atoms with Gasteiger partial charge in [-0.15, -0.1) is 18.2 Å². The van der Waals surface area contributed by atoms with Crippen LogP contribution in [0.3, 0.4) is 0 Å². The van der Waals surface area contributed by atoms with Crippen molar-refractivity contribution in [2.45, 2.75) is 6.42 Å². The topological polar surface area (TPSA) is 78.9 Å². The van der Waals surface area contributed by atoms with Crippen LogP contribution in [0.25, 0.3) is 5.70 Å². The number of carbonyl (C=O) groups excluding carboxylic acids is 1. The van der Waals surface area contributed by atoms with Crippen LogP contribution in [-0.2, 0) is 11.2 Å². The van der Waals surface area contributed by atoms with E-state index in [9.17, 15) is 9.18 Å². The first-order valence-corrected chi connectivity index (χ1v) is 6.86. The second-order valence-electron chi connectivity index (χ2n) is 4.24. The predicted octanol–water partition coefficient (Wildman–Crippen LogP) is 1.21. The van der Waals surface area contributed by atoms with Crippen LogP contribution in [0.2, 0.25) is 0 Å². The van der Waals surface area contributed by atoms with Gasteiger partial charge in [-0.05, 0) is 29.2 Å². The molecule has 2 aromatic rings. The number of nitrogens with one attached hydrogen (secondary N) is 3. The third-order valence-corrected chi connectivity index (χ3v) is 2.92. The quantitative estimate of drug-likeness (QED) is 0.475. The predicted molar refractivity (Wildman–Crippen MR) is 83.5 cm³/mol. The monoisotopic (exact) mass is 319 g/mol. The smallest absolute Gasteiger partial charge is 0.239 e. The molecule has 1 aromatic carbocycles. The third kappa shape index (κ3) is 4.83. The van der Waals surface area contributed by atoms with Gasteiger partial charge in [0.05, 0.1) is 17.8 Å². The summed E-state index contributed by atoms with van der Waals surface area (Å²) in [5, 5.41) is 1.50. The molecule has 0 aliphatic heterocycles. The fraction of sp³-hybridized carbons (Fsp3) is 0.0714. The zero-order valence-electron chi connectivity index (χ0n) is 11.5. The SMILES string of the molecule is O=C(Cc1ccc(F)cc1)NNN/C(=C\S)c1ccncn1. The Hall–Kier alpha value is -2.45. The van der Waals surface area contributed by atoms with E-state index >= 15 is 0 Å². The summed E-state index contributed by atoms with van der Waals surface area (Å²) in [6, 6.07) is 7.43. The van der Waals surface area contributed by atoms with E-state index in [4.69, 9.17) is 0 Å². The number of carbonyl (C=O) groups is 1. The molecule has 0 fully saturated rings. The van der Waals surface area contributed by atoms with E-state index in [0.29, 0.717) is 17.0 Å². The molecule has 1 heterocycles. The summed E-state index contributed by atoms with van der Waals surface area (Å²) >= 11 is 4.07. The van der Waals surface area contributed by atoms with Crippen LogP contribution in [0.15, 0.2) is 48.3 Å². The zero-order valence-corrected chi connectivity index (χ0v) is 12.3. The lowest BCUT2D eigenvalue weighted by molar-refractivity contribution is -0.121. The summed E-state index contributed by atoms with van der Waals surface area (Å²) in [4.78, 5) is 19.6. The molecule has 3 N–H and O–H groups in total. The van der Waals surface area contributed by atoms with Crippen molar-refractivity contribution in [1.29, 1.82) is 0 Å². The number of aromatic nitrogens is 2. The molecule has 1 aromatic heterocycles. The Morgan fingerprint density at radius 1 is 1.23 bits per heavy atom. The van der Waals surface area contributed by atoms with Gasteiger partial charge in [-0.2, -0.15) is 0 Å². The molecule has 0 saturated heterocycles. The Kier molecular flexibility index (Phi) is 5.87. The van der Waals surface area contributed by atoms with E-state index in [1.165, 1.54) is 23.9 Å². The largest absolute Gasteiger partial charge is 0.301 e. The van der Waals surface area contributed by atoms with Crippen molar-refractivity contribution in [3.05, 3.63) is 65.3 Å². The normalized spacial score (nSPS) is 11.1. The first-order chi connectivity index (χ1) is 10.7. The molecule has 6 nitrogen and oxygen atoms in total. The minimum absolute atomic E-state index is 0.127. The van der Waals surface area contributed by atoms with E-state index in [-0.39, 0.29) is 18.1 Å². The maximum Gasteiger partial charge on any atom is 0.239 e. The number of hydrazine groups is 2. The van der Waals surface area contributed by atoms with Gasteiger partial charge in [-0.1, -0.05) is 12.1 Å². The molecule has 0 aliphatic carbocycles. The van der Waals surface area contributed by atoms with Crippen LogP contribution in [0.4, 0.5) is 4.39 Å². The number of rotatable bonds is 6. The number of hydrogen-bond acceptors (Lipinski definition) is 6. The van der Waals surface area contributed by atoms with Crippen LogP contribution in [-0.4, -0.2) is 15.9 Å². The van der Waals surface area contributed by atoms with Gasteiger partial charge in [0.1, 0.15) is 12.1 Å². The van der Waals surface area contributed by atoms with Gasteiger partial charge in [-0.3, -0.25) is 10.2 Å². The van der Waals surface area contributed by atoms with Gasteiger partial charge in [0, 0.05) is 6.20 Å². The maximum absolute atomic E-state index is 12.8. The van der Waals surface area contributed by atoms with E-state index in [0.717, 1.165) is 0 Å². The van der Waals surface area contributed by atoms with Crippen molar-refractivity contribution in [3.8, 4) is 0 Å². The molecule has 0 radical (unpaired) electrons. The lowest BCUT2D eigenvalue weighted by Gasteiger charge is -2.12. The Morgan fingerprint density at radius 3 is 2.64 bits per heavy atom. The van der Waals surface area contributed by atoms with Crippen molar-refractivity contribution in [2.75, 3.05) is 0 Å². The molecule has 0 atom stereocenters. The van der Waals surface area contributed by atoms with Gasteiger partial charge in [-0.25, -0.2) is 14.4 Å². The van der Waals surface area contributed by atoms with E-state index in [1.807, 2.05) is 0 Å². The molecule has 0 unspecified atom stereocenters. The highest BCUT2D eigenvalue weighted by Gasteiger charge is 2.04. The van der Waals surface area contributed by atoms with Crippen molar-refractivity contribution >= 4 is 24.2 Å². The molecule has 114 valence electrons. The first-order valence-electron chi connectivity index (χ1n) is 6.34. The van der Waals surface area contributed by atoms with Crippen LogP contribution >= 0.6 is 12.6 Å².